The van der Waals surface area contributed by atoms with Crippen molar-refractivity contribution in [3.05, 3.63) is 56.7 Å². The van der Waals surface area contributed by atoms with Gasteiger partial charge in [0.15, 0.2) is 11.2 Å². The lowest BCUT2D eigenvalue weighted by Gasteiger charge is -2.27. The second kappa shape index (κ2) is 12.7. The lowest BCUT2D eigenvalue weighted by Crippen LogP contribution is -2.44. The maximum absolute atomic E-state index is 13.8. The Morgan fingerprint density at radius 2 is 1.53 bits per heavy atom. The van der Waals surface area contributed by atoms with Crippen LogP contribution in [0, 0.1) is 11.8 Å². The van der Waals surface area contributed by atoms with Crippen molar-refractivity contribution in [3.8, 4) is 0 Å². The zero-order valence-corrected chi connectivity index (χ0v) is 23.4. The summed E-state index contributed by atoms with van der Waals surface area (Å²) in [5.74, 6) is -0.215. The monoisotopic (exact) mass is 524 g/mol. The predicted molar refractivity (Wildman–Crippen MR) is 149 cm³/mol. The molecule has 2 aromatic heterocycles. The van der Waals surface area contributed by atoms with E-state index in [1.54, 1.807) is 16.5 Å². The highest BCUT2D eigenvalue weighted by atomic mass is 16.2. The number of aryl methyl sites for hydroxylation is 1. The number of anilines is 1. The van der Waals surface area contributed by atoms with E-state index in [4.69, 9.17) is 4.98 Å². The Hall–Kier alpha value is -3.69. The fourth-order valence-electron chi connectivity index (χ4n) is 4.82. The van der Waals surface area contributed by atoms with E-state index < -0.39 is 11.2 Å². The molecule has 3 rings (SSSR count). The molecule has 1 N–H and O–H groups in total. The van der Waals surface area contributed by atoms with Gasteiger partial charge in [-0.3, -0.25) is 33.0 Å². The number of benzene rings is 1. The average molecular weight is 525 g/mol. The lowest BCUT2D eigenvalue weighted by molar-refractivity contribution is -0.126. The van der Waals surface area contributed by atoms with Gasteiger partial charge >= 0.3 is 5.69 Å². The van der Waals surface area contributed by atoms with Crippen LogP contribution in [0.2, 0.25) is 0 Å². The first kappa shape index (κ1) is 28.9. The van der Waals surface area contributed by atoms with E-state index in [0.717, 1.165) is 23.0 Å². The largest absolute Gasteiger partial charge is 0.354 e. The highest BCUT2D eigenvalue weighted by Gasteiger charge is 2.30. The third kappa shape index (κ3) is 5.74. The minimum absolute atomic E-state index is 0.0426. The summed E-state index contributed by atoms with van der Waals surface area (Å²) in [7, 11) is 3.00. The summed E-state index contributed by atoms with van der Waals surface area (Å²) in [5.41, 5.74) is 0.411. The Morgan fingerprint density at radius 1 is 0.921 bits per heavy atom. The molecule has 0 saturated carbocycles. The molecule has 3 aromatic rings. The maximum Gasteiger partial charge on any atom is 0.332 e. The van der Waals surface area contributed by atoms with Gasteiger partial charge < -0.3 is 5.32 Å². The van der Waals surface area contributed by atoms with Crippen LogP contribution in [0.25, 0.3) is 11.2 Å². The maximum atomic E-state index is 13.8. The fraction of sp³-hybridized carbons (Fsp3) is 0.536. The van der Waals surface area contributed by atoms with E-state index in [0.29, 0.717) is 12.8 Å². The first-order valence-corrected chi connectivity index (χ1v) is 13.5. The second-order valence-corrected chi connectivity index (χ2v) is 9.67. The summed E-state index contributed by atoms with van der Waals surface area (Å²) >= 11 is 0. The summed E-state index contributed by atoms with van der Waals surface area (Å²) in [6.07, 6.45) is 2.77. The average Bonchev–Trinajstić information content (AvgIpc) is 3.29. The molecule has 0 unspecified atom stereocenters. The van der Waals surface area contributed by atoms with Gasteiger partial charge in [-0.1, -0.05) is 58.0 Å². The van der Waals surface area contributed by atoms with Crippen LogP contribution in [0.3, 0.4) is 0 Å². The molecular weight excluding hydrogens is 484 g/mol. The number of imidazole rings is 1. The molecule has 0 atom stereocenters. The molecule has 0 aliphatic heterocycles. The van der Waals surface area contributed by atoms with Crippen LogP contribution in [-0.4, -0.2) is 43.6 Å². The predicted octanol–water partition coefficient (Wildman–Crippen LogP) is 2.80. The number of nitrogens with zero attached hydrogens (tertiary/aromatic N) is 5. The zero-order valence-electron chi connectivity index (χ0n) is 23.4. The summed E-state index contributed by atoms with van der Waals surface area (Å²) < 4.78 is 4.10. The molecule has 0 saturated heterocycles. The van der Waals surface area contributed by atoms with Crippen LogP contribution >= 0.6 is 0 Å². The number of carbonyl (C=O) groups is 2. The minimum atomic E-state index is -0.492. The third-order valence-electron chi connectivity index (χ3n) is 7.34. The van der Waals surface area contributed by atoms with Crippen LogP contribution < -0.4 is 21.5 Å². The number of rotatable bonds is 12. The Morgan fingerprint density at radius 3 is 2.11 bits per heavy atom. The van der Waals surface area contributed by atoms with Gasteiger partial charge in [0.05, 0.1) is 6.54 Å². The van der Waals surface area contributed by atoms with Gasteiger partial charge in [-0.25, -0.2) is 4.79 Å². The number of aromatic nitrogens is 4. The van der Waals surface area contributed by atoms with E-state index in [1.165, 1.54) is 11.6 Å². The first-order chi connectivity index (χ1) is 18.2. The molecular formula is C28H40N6O4. The standard InChI is InChI=1S/C28H40N6O4/c1-7-20(8-2)24(35)29-16-17-33(25(36)21(9-3)10-4)27-30-23-22(26(37)32(6)28(38)31(23)5)34(27)18-19-14-12-11-13-15-19/h11-15,20-21H,7-10,16-18H2,1-6H3,(H,29,35). The summed E-state index contributed by atoms with van der Waals surface area (Å²) in [6, 6.07) is 9.59. The van der Waals surface area contributed by atoms with Crippen LogP contribution in [0.4, 0.5) is 5.95 Å². The van der Waals surface area contributed by atoms with Crippen molar-refractivity contribution in [1.29, 1.82) is 0 Å². The van der Waals surface area contributed by atoms with Gasteiger partial charge in [0.2, 0.25) is 17.8 Å². The van der Waals surface area contributed by atoms with Crippen molar-refractivity contribution in [2.75, 3.05) is 18.0 Å². The number of hydrogen-bond acceptors (Lipinski definition) is 5. The molecule has 206 valence electrons. The SMILES string of the molecule is CCC(CC)C(=O)NCCN(C(=O)C(CC)CC)c1nc2c(c(=O)n(C)c(=O)n2C)n1Cc1ccccc1. The Bertz CT molecular complexity index is 1380. The van der Waals surface area contributed by atoms with Crippen LogP contribution in [0.15, 0.2) is 39.9 Å². The van der Waals surface area contributed by atoms with Crippen molar-refractivity contribution >= 4 is 28.9 Å². The van der Waals surface area contributed by atoms with Crippen LogP contribution in [0.1, 0.15) is 58.9 Å². The molecule has 0 fully saturated rings. The zero-order chi connectivity index (χ0) is 28.0. The highest BCUT2D eigenvalue weighted by molar-refractivity contribution is 5.95. The van der Waals surface area contributed by atoms with Crippen molar-refractivity contribution in [1.82, 2.24) is 24.0 Å². The Labute approximate surface area is 223 Å². The second-order valence-electron chi connectivity index (χ2n) is 9.67. The van der Waals surface area contributed by atoms with Crippen molar-refractivity contribution in [2.24, 2.45) is 25.9 Å². The molecule has 2 amide bonds. The lowest BCUT2D eigenvalue weighted by atomic mass is 10.0. The number of hydrogen-bond donors (Lipinski definition) is 1. The molecule has 10 nitrogen and oxygen atoms in total. The van der Waals surface area contributed by atoms with Gasteiger partial charge in [-0.15, -0.1) is 0 Å². The first-order valence-electron chi connectivity index (χ1n) is 13.5. The third-order valence-corrected chi connectivity index (χ3v) is 7.34. The minimum Gasteiger partial charge on any atom is -0.354 e. The fourth-order valence-corrected chi connectivity index (χ4v) is 4.82. The van der Waals surface area contributed by atoms with E-state index in [-0.39, 0.29) is 60.4 Å². The molecule has 10 heteroatoms. The van der Waals surface area contributed by atoms with Gasteiger partial charge in [0.25, 0.3) is 5.56 Å². The molecule has 0 aliphatic rings. The molecule has 0 bridgehead atoms. The molecule has 1 aromatic carbocycles. The van der Waals surface area contributed by atoms with Gasteiger partial charge in [-0.2, -0.15) is 4.98 Å². The number of fused-ring (bicyclic) bond motifs is 1. The Balaban J connectivity index is 2.18. The normalized spacial score (nSPS) is 11.5. The summed E-state index contributed by atoms with van der Waals surface area (Å²) in [6.45, 7) is 8.60. The van der Waals surface area contributed by atoms with Crippen molar-refractivity contribution in [3.63, 3.8) is 0 Å². The van der Waals surface area contributed by atoms with Gasteiger partial charge in [0.1, 0.15) is 0 Å². The summed E-state index contributed by atoms with van der Waals surface area (Å²) in [5, 5.41) is 2.97. The highest BCUT2D eigenvalue weighted by Crippen LogP contribution is 2.24. The molecule has 2 heterocycles. The number of carbonyl (C=O) groups excluding carboxylic acids is 2. The number of amides is 2. The summed E-state index contributed by atoms with van der Waals surface area (Å²) in [4.78, 5) is 58.8. The molecule has 0 radical (unpaired) electrons. The molecule has 0 aliphatic carbocycles. The quantitative estimate of drug-likeness (QED) is 0.392. The van der Waals surface area contributed by atoms with E-state index >= 15 is 0 Å². The van der Waals surface area contributed by atoms with Gasteiger partial charge in [0, 0.05) is 39.0 Å². The topological polar surface area (TPSA) is 111 Å². The molecule has 38 heavy (non-hydrogen) atoms. The van der Waals surface area contributed by atoms with Crippen LogP contribution in [-0.2, 0) is 30.2 Å². The van der Waals surface area contributed by atoms with E-state index in [2.05, 4.69) is 5.32 Å². The molecule has 0 spiro atoms. The van der Waals surface area contributed by atoms with E-state index in [9.17, 15) is 19.2 Å². The van der Waals surface area contributed by atoms with Crippen molar-refractivity contribution < 1.29 is 9.59 Å². The van der Waals surface area contributed by atoms with Gasteiger partial charge in [-0.05, 0) is 31.2 Å². The van der Waals surface area contributed by atoms with Crippen molar-refractivity contribution in [2.45, 2.75) is 59.9 Å². The van der Waals surface area contributed by atoms with Crippen LogP contribution in [0.5, 0.6) is 0 Å². The van der Waals surface area contributed by atoms with E-state index in [1.807, 2.05) is 58.0 Å². The Kier molecular flexibility index (Phi) is 9.66. The smallest absolute Gasteiger partial charge is 0.332 e. The number of nitrogens with one attached hydrogen (secondary N) is 1.